The standard InChI is InChI=1S/C13H18N4O/c1-8-5-11(9(2)18-8)12-6-13(16-15-12)17-4-3-10(14)7-17/h5-6,10H,3-4,7,14H2,1-2H3,(H,15,16). The number of nitrogens with two attached hydrogens (primary N) is 1. The molecule has 3 N–H and O–H groups in total. The van der Waals surface area contributed by atoms with E-state index in [0.29, 0.717) is 0 Å². The van der Waals surface area contributed by atoms with Crippen molar-refractivity contribution in [2.75, 3.05) is 18.0 Å². The molecule has 0 saturated carbocycles. The zero-order valence-electron chi connectivity index (χ0n) is 10.7. The Morgan fingerprint density at radius 2 is 2.28 bits per heavy atom. The molecular formula is C13H18N4O. The van der Waals surface area contributed by atoms with Gasteiger partial charge in [-0.3, -0.25) is 5.10 Å². The zero-order chi connectivity index (χ0) is 12.7. The molecule has 5 nitrogen and oxygen atoms in total. The predicted molar refractivity (Wildman–Crippen MR) is 70.6 cm³/mol. The molecule has 2 aromatic heterocycles. The Balaban J connectivity index is 1.87. The first-order valence-corrected chi connectivity index (χ1v) is 6.27. The van der Waals surface area contributed by atoms with Crippen molar-refractivity contribution in [3.63, 3.8) is 0 Å². The summed E-state index contributed by atoms with van der Waals surface area (Å²) >= 11 is 0. The van der Waals surface area contributed by atoms with E-state index in [4.69, 9.17) is 10.2 Å². The normalized spacial score (nSPS) is 19.7. The lowest BCUT2D eigenvalue weighted by Gasteiger charge is -2.13. The van der Waals surface area contributed by atoms with Crippen LogP contribution in [0.25, 0.3) is 11.3 Å². The van der Waals surface area contributed by atoms with Gasteiger partial charge in [0.1, 0.15) is 11.5 Å². The summed E-state index contributed by atoms with van der Waals surface area (Å²) in [7, 11) is 0. The smallest absolute Gasteiger partial charge is 0.151 e. The van der Waals surface area contributed by atoms with Crippen LogP contribution in [0, 0.1) is 13.8 Å². The third-order valence-electron chi connectivity index (χ3n) is 3.44. The lowest BCUT2D eigenvalue weighted by molar-refractivity contribution is 0.505. The number of hydrogen-bond acceptors (Lipinski definition) is 4. The molecule has 2 aromatic rings. The maximum absolute atomic E-state index is 5.91. The molecule has 0 aromatic carbocycles. The summed E-state index contributed by atoms with van der Waals surface area (Å²) in [5, 5.41) is 7.44. The summed E-state index contributed by atoms with van der Waals surface area (Å²) in [6.07, 6.45) is 1.03. The number of hydrogen-bond donors (Lipinski definition) is 2. The Kier molecular flexibility index (Phi) is 2.63. The van der Waals surface area contributed by atoms with E-state index in [1.54, 1.807) is 0 Å². The van der Waals surface area contributed by atoms with E-state index in [1.165, 1.54) is 0 Å². The molecule has 3 rings (SSSR count). The molecule has 3 heterocycles. The first-order valence-electron chi connectivity index (χ1n) is 6.27. The lowest BCUT2D eigenvalue weighted by atomic mass is 10.2. The Hall–Kier alpha value is -1.75. The molecule has 1 saturated heterocycles. The van der Waals surface area contributed by atoms with E-state index in [0.717, 1.165) is 48.1 Å². The summed E-state index contributed by atoms with van der Waals surface area (Å²) in [5.41, 5.74) is 7.99. The Morgan fingerprint density at radius 3 is 2.89 bits per heavy atom. The van der Waals surface area contributed by atoms with Gasteiger partial charge in [-0.25, -0.2) is 0 Å². The number of nitrogens with zero attached hydrogens (tertiary/aromatic N) is 2. The number of aryl methyl sites for hydroxylation is 2. The van der Waals surface area contributed by atoms with Gasteiger partial charge in [0.2, 0.25) is 0 Å². The molecule has 0 bridgehead atoms. The molecule has 1 aliphatic heterocycles. The Labute approximate surface area is 106 Å². The van der Waals surface area contributed by atoms with Crippen LogP contribution in [-0.4, -0.2) is 29.3 Å². The van der Waals surface area contributed by atoms with Crippen LogP contribution in [0.5, 0.6) is 0 Å². The van der Waals surface area contributed by atoms with Gasteiger partial charge in [-0.1, -0.05) is 0 Å². The molecule has 1 aliphatic rings. The highest BCUT2D eigenvalue weighted by atomic mass is 16.3. The van der Waals surface area contributed by atoms with Crippen LogP contribution < -0.4 is 10.6 Å². The van der Waals surface area contributed by atoms with E-state index in [-0.39, 0.29) is 6.04 Å². The molecule has 1 atom stereocenters. The highest BCUT2D eigenvalue weighted by Gasteiger charge is 2.21. The maximum atomic E-state index is 5.91. The summed E-state index contributed by atoms with van der Waals surface area (Å²) in [4.78, 5) is 2.22. The number of aromatic amines is 1. The molecule has 1 fully saturated rings. The van der Waals surface area contributed by atoms with Gasteiger partial charge in [0.15, 0.2) is 5.82 Å². The quantitative estimate of drug-likeness (QED) is 0.848. The molecule has 1 unspecified atom stereocenters. The first kappa shape index (κ1) is 11.3. The van der Waals surface area contributed by atoms with E-state index < -0.39 is 0 Å². The summed E-state index contributed by atoms with van der Waals surface area (Å²) in [6, 6.07) is 4.36. The van der Waals surface area contributed by atoms with Gasteiger partial charge in [-0.15, -0.1) is 0 Å². The van der Waals surface area contributed by atoms with E-state index >= 15 is 0 Å². The van der Waals surface area contributed by atoms with Gasteiger partial charge < -0.3 is 15.1 Å². The third-order valence-corrected chi connectivity index (χ3v) is 3.44. The van der Waals surface area contributed by atoms with Crippen molar-refractivity contribution < 1.29 is 4.42 Å². The van der Waals surface area contributed by atoms with Crippen LogP contribution in [0.2, 0.25) is 0 Å². The third kappa shape index (κ3) is 1.90. The monoisotopic (exact) mass is 246 g/mol. The molecule has 5 heteroatoms. The summed E-state index contributed by atoms with van der Waals surface area (Å²) in [5.74, 6) is 2.80. The largest absolute Gasteiger partial charge is 0.466 e. The van der Waals surface area contributed by atoms with Crippen molar-refractivity contribution >= 4 is 5.82 Å². The molecule has 18 heavy (non-hydrogen) atoms. The fourth-order valence-corrected chi connectivity index (χ4v) is 2.50. The SMILES string of the molecule is Cc1cc(-c2cc(N3CCC(N)C3)n[nH]2)c(C)o1. The maximum Gasteiger partial charge on any atom is 0.151 e. The zero-order valence-corrected chi connectivity index (χ0v) is 10.7. The van der Waals surface area contributed by atoms with Gasteiger partial charge in [-0.05, 0) is 26.3 Å². The molecule has 0 radical (unpaired) electrons. The first-order chi connectivity index (χ1) is 8.63. The Bertz CT molecular complexity index is 557. The highest BCUT2D eigenvalue weighted by molar-refractivity contribution is 5.65. The van der Waals surface area contributed by atoms with Gasteiger partial charge in [0, 0.05) is 30.8 Å². The van der Waals surface area contributed by atoms with E-state index in [1.807, 2.05) is 19.9 Å². The molecule has 0 spiro atoms. The Morgan fingerprint density at radius 1 is 1.44 bits per heavy atom. The van der Waals surface area contributed by atoms with Crippen molar-refractivity contribution in [1.82, 2.24) is 10.2 Å². The van der Waals surface area contributed by atoms with Gasteiger partial charge in [0.25, 0.3) is 0 Å². The minimum atomic E-state index is 0.267. The average Bonchev–Trinajstić information content (AvgIpc) is 2.98. The topological polar surface area (TPSA) is 71.1 Å². The second-order valence-electron chi connectivity index (χ2n) is 4.96. The van der Waals surface area contributed by atoms with E-state index in [2.05, 4.69) is 21.2 Å². The average molecular weight is 246 g/mol. The van der Waals surface area contributed by atoms with Crippen LogP contribution in [0.3, 0.4) is 0 Å². The van der Waals surface area contributed by atoms with Crippen molar-refractivity contribution in [2.24, 2.45) is 5.73 Å². The van der Waals surface area contributed by atoms with Crippen molar-refractivity contribution in [1.29, 1.82) is 0 Å². The van der Waals surface area contributed by atoms with Crippen molar-refractivity contribution in [3.05, 3.63) is 23.7 Å². The molecular weight excluding hydrogens is 228 g/mol. The number of aromatic nitrogens is 2. The van der Waals surface area contributed by atoms with E-state index in [9.17, 15) is 0 Å². The van der Waals surface area contributed by atoms with Crippen molar-refractivity contribution in [2.45, 2.75) is 26.3 Å². The van der Waals surface area contributed by atoms with Crippen LogP contribution in [0.4, 0.5) is 5.82 Å². The number of H-pyrrole nitrogens is 1. The van der Waals surface area contributed by atoms with Gasteiger partial charge in [-0.2, -0.15) is 5.10 Å². The fraction of sp³-hybridized carbons (Fsp3) is 0.462. The van der Waals surface area contributed by atoms with Crippen LogP contribution in [0.15, 0.2) is 16.5 Å². The number of furan rings is 1. The molecule has 0 amide bonds. The van der Waals surface area contributed by atoms with Crippen LogP contribution >= 0.6 is 0 Å². The predicted octanol–water partition coefficient (Wildman–Crippen LogP) is 1.82. The van der Waals surface area contributed by atoms with Crippen molar-refractivity contribution in [3.8, 4) is 11.3 Å². The fourth-order valence-electron chi connectivity index (χ4n) is 2.50. The molecule has 0 aliphatic carbocycles. The van der Waals surface area contributed by atoms with Crippen LogP contribution in [-0.2, 0) is 0 Å². The second-order valence-corrected chi connectivity index (χ2v) is 4.96. The summed E-state index contributed by atoms with van der Waals surface area (Å²) < 4.78 is 5.54. The minimum absolute atomic E-state index is 0.267. The van der Waals surface area contributed by atoms with Gasteiger partial charge >= 0.3 is 0 Å². The van der Waals surface area contributed by atoms with Gasteiger partial charge in [0.05, 0.1) is 5.69 Å². The molecule has 96 valence electrons. The lowest BCUT2D eigenvalue weighted by Crippen LogP contribution is -2.26. The second kappa shape index (κ2) is 4.17. The number of anilines is 1. The summed E-state index contributed by atoms with van der Waals surface area (Å²) in [6.45, 7) is 5.78. The highest BCUT2D eigenvalue weighted by Crippen LogP contribution is 2.28. The number of nitrogens with one attached hydrogen (secondary N) is 1. The minimum Gasteiger partial charge on any atom is -0.466 e. The number of rotatable bonds is 2. The van der Waals surface area contributed by atoms with Crippen LogP contribution in [0.1, 0.15) is 17.9 Å².